The van der Waals surface area contributed by atoms with Gasteiger partial charge in [-0.3, -0.25) is 10.3 Å². The van der Waals surface area contributed by atoms with Gasteiger partial charge in [-0.05, 0) is 24.5 Å². The Labute approximate surface area is 101 Å². The zero-order chi connectivity index (χ0) is 13.0. The number of hydrogen-bond acceptors (Lipinski definition) is 2. The van der Waals surface area contributed by atoms with Crippen LogP contribution in [0.5, 0.6) is 0 Å². The number of nitrogens with one attached hydrogen (secondary N) is 2. The van der Waals surface area contributed by atoms with E-state index < -0.39 is 6.03 Å². The van der Waals surface area contributed by atoms with Gasteiger partial charge in [0, 0.05) is 12.7 Å². The van der Waals surface area contributed by atoms with Gasteiger partial charge in [-0.1, -0.05) is 25.1 Å². The largest absolute Gasteiger partial charge is 0.370 e. The number of nitrogens with two attached hydrogens (primary N) is 1. The average molecular weight is 234 g/mol. The average Bonchev–Trinajstić information content (AvgIpc) is 2.30. The van der Waals surface area contributed by atoms with Crippen LogP contribution in [-0.4, -0.2) is 23.9 Å². The minimum atomic E-state index is -0.401. The molecule has 92 valence electrons. The molecule has 0 aromatic heterocycles. The van der Waals surface area contributed by atoms with E-state index in [1.807, 2.05) is 32.0 Å². The van der Waals surface area contributed by atoms with Gasteiger partial charge in [-0.2, -0.15) is 0 Å². The number of carbonyl (C=O) groups is 1. The lowest BCUT2D eigenvalue weighted by Gasteiger charge is -2.18. The molecule has 0 radical (unpaired) electrons. The minimum Gasteiger partial charge on any atom is -0.370 e. The Morgan fingerprint density at radius 3 is 2.71 bits per heavy atom. The van der Waals surface area contributed by atoms with Crippen molar-refractivity contribution in [3.05, 3.63) is 29.3 Å². The molecule has 0 aliphatic carbocycles. The topological polar surface area (TPSA) is 82.2 Å². The van der Waals surface area contributed by atoms with Gasteiger partial charge in [0.2, 0.25) is 0 Å². The summed E-state index contributed by atoms with van der Waals surface area (Å²) in [4.78, 5) is 12.8. The van der Waals surface area contributed by atoms with E-state index in [9.17, 15) is 4.79 Å². The number of guanidine groups is 1. The minimum absolute atomic E-state index is 0.283. The lowest BCUT2D eigenvalue weighted by molar-refractivity contribution is 0.238. The molecule has 2 amide bonds. The van der Waals surface area contributed by atoms with Crippen molar-refractivity contribution < 1.29 is 4.79 Å². The molecule has 0 aliphatic heterocycles. The van der Waals surface area contributed by atoms with Crippen LogP contribution < -0.4 is 11.1 Å². The Kier molecular flexibility index (Phi) is 4.09. The van der Waals surface area contributed by atoms with E-state index in [0.29, 0.717) is 0 Å². The molecule has 0 atom stereocenters. The first-order valence-corrected chi connectivity index (χ1v) is 5.44. The van der Waals surface area contributed by atoms with Gasteiger partial charge in [0.25, 0.3) is 0 Å². The molecule has 0 saturated heterocycles. The highest BCUT2D eigenvalue weighted by Gasteiger charge is 2.13. The van der Waals surface area contributed by atoms with Crippen LogP contribution in [0.4, 0.5) is 10.5 Å². The predicted molar refractivity (Wildman–Crippen MR) is 69.3 cm³/mol. The summed E-state index contributed by atoms with van der Waals surface area (Å²) in [5, 5.41) is 9.97. The smallest absolute Gasteiger partial charge is 0.328 e. The van der Waals surface area contributed by atoms with Crippen molar-refractivity contribution in [2.45, 2.75) is 20.3 Å². The zero-order valence-electron chi connectivity index (χ0n) is 10.4. The monoisotopic (exact) mass is 234 g/mol. The third-order valence-corrected chi connectivity index (χ3v) is 2.64. The number of nitrogens with zero attached hydrogens (tertiary/aromatic N) is 1. The van der Waals surface area contributed by atoms with Crippen LogP contribution in [0.1, 0.15) is 18.1 Å². The highest BCUT2D eigenvalue weighted by Crippen LogP contribution is 2.21. The molecule has 0 spiro atoms. The highest BCUT2D eigenvalue weighted by molar-refractivity contribution is 6.01. The molecule has 17 heavy (non-hydrogen) atoms. The predicted octanol–water partition coefficient (Wildman–Crippen LogP) is 1.91. The van der Waals surface area contributed by atoms with Crippen LogP contribution in [0.15, 0.2) is 18.2 Å². The van der Waals surface area contributed by atoms with Crippen molar-refractivity contribution in [2.24, 2.45) is 5.73 Å². The standard InChI is InChI=1S/C12H18N4O/c1-4-9-7-5-6-8(2)10(9)15-12(17)16(3)11(13)14/h5-7H,4H2,1-3H3,(H3,13,14)(H,15,17). The quantitative estimate of drug-likeness (QED) is 0.539. The fourth-order valence-electron chi connectivity index (χ4n) is 1.50. The molecule has 1 aromatic rings. The Morgan fingerprint density at radius 2 is 2.18 bits per heavy atom. The molecule has 0 fully saturated rings. The maximum absolute atomic E-state index is 11.8. The second-order valence-electron chi connectivity index (χ2n) is 3.84. The van der Waals surface area contributed by atoms with Gasteiger partial charge in [0.15, 0.2) is 5.96 Å². The molecule has 1 aromatic carbocycles. The maximum atomic E-state index is 11.8. The number of aryl methyl sites for hydroxylation is 2. The van der Waals surface area contributed by atoms with Gasteiger partial charge < -0.3 is 11.1 Å². The number of para-hydroxylation sites is 1. The SMILES string of the molecule is CCc1cccc(C)c1NC(=O)N(C)C(=N)N. The van der Waals surface area contributed by atoms with Crippen molar-refractivity contribution in [1.82, 2.24) is 4.90 Å². The first-order valence-electron chi connectivity index (χ1n) is 5.44. The van der Waals surface area contributed by atoms with Gasteiger partial charge in [-0.25, -0.2) is 4.79 Å². The number of anilines is 1. The highest BCUT2D eigenvalue weighted by atomic mass is 16.2. The third-order valence-electron chi connectivity index (χ3n) is 2.64. The molecule has 0 saturated carbocycles. The first-order chi connectivity index (χ1) is 7.97. The van der Waals surface area contributed by atoms with Crippen molar-refractivity contribution in [2.75, 3.05) is 12.4 Å². The third kappa shape index (κ3) is 2.96. The number of rotatable bonds is 2. The van der Waals surface area contributed by atoms with Crippen LogP contribution >= 0.6 is 0 Å². The van der Waals surface area contributed by atoms with Crippen molar-refractivity contribution in [3.63, 3.8) is 0 Å². The molecular formula is C12H18N4O. The number of benzene rings is 1. The lowest BCUT2D eigenvalue weighted by Crippen LogP contribution is -2.40. The summed E-state index contributed by atoms with van der Waals surface area (Å²) >= 11 is 0. The van der Waals surface area contributed by atoms with Gasteiger partial charge in [-0.15, -0.1) is 0 Å². The van der Waals surface area contributed by atoms with E-state index in [1.165, 1.54) is 7.05 Å². The van der Waals surface area contributed by atoms with Crippen LogP contribution in [0.2, 0.25) is 0 Å². The van der Waals surface area contributed by atoms with Crippen molar-refractivity contribution in [3.8, 4) is 0 Å². The van der Waals surface area contributed by atoms with Crippen LogP contribution in [-0.2, 0) is 6.42 Å². The molecule has 5 nitrogen and oxygen atoms in total. The van der Waals surface area contributed by atoms with Gasteiger partial charge in [0.1, 0.15) is 0 Å². The van der Waals surface area contributed by atoms with Crippen molar-refractivity contribution in [1.29, 1.82) is 5.41 Å². The number of amides is 2. The van der Waals surface area contributed by atoms with Crippen LogP contribution in [0.25, 0.3) is 0 Å². The molecule has 4 N–H and O–H groups in total. The molecule has 1 rings (SSSR count). The molecule has 0 unspecified atom stereocenters. The Hall–Kier alpha value is -2.04. The summed E-state index contributed by atoms with van der Waals surface area (Å²) in [6.45, 7) is 3.96. The van der Waals surface area contributed by atoms with Crippen molar-refractivity contribution >= 4 is 17.7 Å². The number of carbonyl (C=O) groups excluding carboxylic acids is 1. The normalized spacial score (nSPS) is 9.82. The fraction of sp³-hybridized carbons (Fsp3) is 0.333. The lowest BCUT2D eigenvalue weighted by atomic mass is 10.1. The Bertz CT molecular complexity index is 442. The Balaban J connectivity index is 2.95. The van der Waals surface area contributed by atoms with E-state index in [4.69, 9.17) is 11.1 Å². The second kappa shape index (κ2) is 5.34. The summed E-state index contributed by atoms with van der Waals surface area (Å²) in [5.74, 6) is -0.283. The molecule has 0 heterocycles. The molecule has 5 heteroatoms. The van der Waals surface area contributed by atoms with E-state index in [-0.39, 0.29) is 5.96 Å². The second-order valence-corrected chi connectivity index (χ2v) is 3.84. The van der Waals surface area contributed by atoms with Gasteiger partial charge in [0.05, 0.1) is 0 Å². The molecule has 0 bridgehead atoms. The fourth-order valence-corrected chi connectivity index (χ4v) is 1.50. The van der Waals surface area contributed by atoms with Crippen LogP contribution in [0, 0.1) is 12.3 Å². The number of hydrogen-bond donors (Lipinski definition) is 3. The van der Waals surface area contributed by atoms with Gasteiger partial charge >= 0.3 is 6.03 Å². The summed E-state index contributed by atoms with van der Waals surface area (Å²) in [6.07, 6.45) is 0.834. The Morgan fingerprint density at radius 1 is 1.53 bits per heavy atom. The van der Waals surface area contributed by atoms with Crippen LogP contribution in [0.3, 0.4) is 0 Å². The maximum Gasteiger partial charge on any atom is 0.328 e. The number of urea groups is 1. The molecular weight excluding hydrogens is 216 g/mol. The van der Waals surface area contributed by atoms with E-state index in [2.05, 4.69) is 5.32 Å². The van der Waals surface area contributed by atoms with E-state index >= 15 is 0 Å². The van der Waals surface area contributed by atoms with E-state index in [1.54, 1.807) is 0 Å². The summed E-state index contributed by atoms with van der Waals surface area (Å²) in [5.41, 5.74) is 8.11. The van der Waals surface area contributed by atoms with E-state index in [0.717, 1.165) is 28.1 Å². The zero-order valence-corrected chi connectivity index (χ0v) is 10.4. The summed E-state index contributed by atoms with van der Waals surface area (Å²) < 4.78 is 0. The molecule has 0 aliphatic rings. The summed E-state index contributed by atoms with van der Waals surface area (Å²) in [7, 11) is 1.46. The summed E-state index contributed by atoms with van der Waals surface area (Å²) in [6, 6.07) is 5.46. The first kappa shape index (κ1) is 13.0.